The van der Waals surface area contributed by atoms with Crippen molar-refractivity contribution in [3.05, 3.63) is 94.0 Å². The lowest BCUT2D eigenvalue weighted by molar-refractivity contribution is 0.0989. The van der Waals surface area contributed by atoms with E-state index in [2.05, 4.69) is 20.7 Å². The number of halogens is 1. The minimum absolute atomic E-state index is 0.0782. The topological polar surface area (TPSA) is 66.5 Å². The Kier molecular flexibility index (Phi) is 5.54. The van der Waals surface area contributed by atoms with E-state index in [9.17, 15) is 13.2 Å². The summed E-state index contributed by atoms with van der Waals surface area (Å²) in [5.41, 5.74) is 3.18. The molecule has 4 rings (SSSR count). The molecule has 29 heavy (non-hydrogen) atoms. The second kappa shape index (κ2) is 8.10. The molecule has 148 valence electrons. The molecule has 0 fully saturated rings. The van der Waals surface area contributed by atoms with Crippen LogP contribution < -0.4 is 9.62 Å². The predicted octanol–water partition coefficient (Wildman–Crippen LogP) is 4.13. The van der Waals surface area contributed by atoms with Gasteiger partial charge in [-0.25, -0.2) is 13.1 Å². The van der Waals surface area contributed by atoms with E-state index >= 15 is 0 Å². The summed E-state index contributed by atoms with van der Waals surface area (Å²) in [5.74, 6) is -0.203. The molecule has 1 amide bonds. The van der Waals surface area contributed by atoms with Crippen molar-refractivity contribution < 1.29 is 13.2 Å². The minimum atomic E-state index is -3.73. The van der Waals surface area contributed by atoms with Crippen molar-refractivity contribution in [2.45, 2.75) is 17.9 Å². The Balaban J connectivity index is 1.55. The lowest BCUT2D eigenvalue weighted by atomic mass is 10.1. The SMILES string of the molecule is O=C(c1cccc(S(=O)(=O)NCc2ccccc2)c1)N1CCc2cc(Br)ccc21. The summed E-state index contributed by atoms with van der Waals surface area (Å²) < 4.78 is 29.0. The quantitative estimate of drug-likeness (QED) is 0.609. The molecule has 5 nitrogen and oxygen atoms in total. The third kappa shape index (κ3) is 4.27. The van der Waals surface area contributed by atoms with Crippen molar-refractivity contribution in [2.75, 3.05) is 11.4 Å². The number of sulfonamides is 1. The molecule has 0 atom stereocenters. The van der Waals surface area contributed by atoms with Gasteiger partial charge in [0.2, 0.25) is 10.0 Å². The van der Waals surface area contributed by atoms with Crippen LogP contribution in [0.25, 0.3) is 0 Å². The lowest BCUT2D eigenvalue weighted by Crippen LogP contribution is -2.29. The maximum absolute atomic E-state index is 13.1. The van der Waals surface area contributed by atoms with E-state index in [0.717, 1.165) is 27.7 Å². The molecular formula is C22H19BrN2O3S. The van der Waals surface area contributed by atoms with Crippen LogP contribution in [-0.2, 0) is 23.0 Å². The van der Waals surface area contributed by atoms with Gasteiger partial charge in [0.25, 0.3) is 5.91 Å². The number of hydrogen-bond donors (Lipinski definition) is 1. The zero-order valence-corrected chi connectivity index (χ0v) is 17.9. The molecule has 1 N–H and O–H groups in total. The number of benzene rings is 3. The number of anilines is 1. The summed E-state index contributed by atoms with van der Waals surface area (Å²) in [7, 11) is -3.73. The highest BCUT2D eigenvalue weighted by Gasteiger charge is 2.26. The predicted molar refractivity (Wildman–Crippen MR) is 116 cm³/mol. The summed E-state index contributed by atoms with van der Waals surface area (Å²) in [6.07, 6.45) is 0.775. The number of carbonyl (C=O) groups excluding carboxylic acids is 1. The van der Waals surface area contributed by atoms with Gasteiger partial charge in [0, 0.05) is 28.8 Å². The van der Waals surface area contributed by atoms with Crippen LogP contribution >= 0.6 is 15.9 Å². The van der Waals surface area contributed by atoms with E-state index in [-0.39, 0.29) is 17.3 Å². The molecule has 0 aliphatic carbocycles. The average molecular weight is 471 g/mol. The fourth-order valence-corrected chi connectivity index (χ4v) is 4.86. The molecule has 0 aromatic heterocycles. The Morgan fingerprint density at radius 2 is 1.79 bits per heavy atom. The molecule has 1 aliphatic rings. The Morgan fingerprint density at radius 1 is 1.00 bits per heavy atom. The highest BCUT2D eigenvalue weighted by atomic mass is 79.9. The first kappa shape index (κ1) is 19.8. The van der Waals surface area contributed by atoms with E-state index < -0.39 is 10.0 Å². The molecule has 0 unspecified atom stereocenters. The first-order valence-electron chi connectivity index (χ1n) is 9.18. The number of amides is 1. The van der Waals surface area contributed by atoms with Gasteiger partial charge in [-0.1, -0.05) is 52.3 Å². The smallest absolute Gasteiger partial charge is 0.258 e. The van der Waals surface area contributed by atoms with E-state index in [1.807, 2.05) is 48.5 Å². The van der Waals surface area contributed by atoms with Gasteiger partial charge in [-0.15, -0.1) is 0 Å². The zero-order chi connectivity index (χ0) is 20.4. The third-order valence-electron chi connectivity index (χ3n) is 4.88. The van der Waals surface area contributed by atoms with Crippen molar-refractivity contribution >= 4 is 37.5 Å². The van der Waals surface area contributed by atoms with Crippen LogP contribution in [0, 0.1) is 0 Å². The molecule has 1 aliphatic heterocycles. The Morgan fingerprint density at radius 3 is 2.59 bits per heavy atom. The highest BCUT2D eigenvalue weighted by molar-refractivity contribution is 9.10. The van der Waals surface area contributed by atoms with Crippen LogP contribution in [0.1, 0.15) is 21.5 Å². The van der Waals surface area contributed by atoms with Gasteiger partial charge in [-0.3, -0.25) is 4.79 Å². The molecular weight excluding hydrogens is 452 g/mol. The third-order valence-corrected chi connectivity index (χ3v) is 6.77. The van der Waals surface area contributed by atoms with Crippen molar-refractivity contribution in [3.8, 4) is 0 Å². The van der Waals surface area contributed by atoms with Crippen molar-refractivity contribution in [2.24, 2.45) is 0 Å². The first-order chi connectivity index (χ1) is 13.9. The van der Waals surface area contributed by atoms with Crippen LogP contribution in [-0.4, -0.2) is 20.9 Å². The van der Waals surface area contributed by atoms with E-state index in [0.29, 0.717) is 12.1 Å². The number of nitrogens with one attached hydrogen (secondary N) is 1. The standard InChI is InChI=1S/C22H19BrN2O3S/c23-19-9-10-21-17(13-19)11-12-25(21)22(26)18-7-4-8-20(14-18)29(27,28)24-15-16-5-2-1-3-6-16/h1-10,13-14,24H,11-12,15H2. The number of hydrogen-bond acceptors (Lipinski definition) is 3. The molecule has 0 saturated carbocycles. The Bertz CT molecular complexity index is 1160. The lowest BCUT2D eigenvalue weighted by Gasteiger charge is -2.18. The van der Waals surface area contributed by atoms with Crippen LogP contribution in [0.4, 0.5) is 5.69 Å². The van der Waals surface area contributed by atoms with Crippen LogP contribution in [0.3, 0.4) is 0 Å². The summed E-state index contributed by atoms with van der Waals surface area (Å²) in [5, 5.41) is 0. The normalized spacial score (nSPS) is 13.3. The first-order valence-corrected chi connectivity index (χ1v) is 11.5. The summed E-state index contributed by atoms with van der Waals surface area (Å²) in [6.45, 7) is 0.767. The number of fused-ring (bicyclic) bond motifs is 1. The zero-order valence-electron chi connectivity index (χ0n) is 15.5. The second-order valence-corrected chi connectivity index (χ2v) is 9.50. The van der Waals surface area contributed by atoms with Gasteiger partial charge < -0.3 is 4.90 Å². The minimum Gasteiger partial charge on any atom is -0.308 e. The monoisotopic (exact) mass is 470 g/mol. The molecule has 1 heterocycles. The second-order valence-electron chi connectivity index (χ2n) is 6.82. The molecule has 0 saturated heterocycles. The van der Waals surface area contributed by atoms with Gasteiger partial charge in [0.15, 0.2) is 0 Å². The summed E-state index contributed by atoms with van der Waals surface area (Å²) in [6, 6.07) is 21.3. The fraction of sp³-hybridized carbons (Fsp3) is 0.136. The van der Waals surface area contributed by atoms with Gasteiger partial charge in [-0.05, 0) is 53.9 Å². The van der Waals surface area contributed by atoms with Gasteiger partial charge in [0.1, 0.15) is 0 Å². The number of nitrogens with zero attached hydrogens (tertiary/aromatic N) is 1. The number of rotatable bonds is 5. The summed E-state index contributed by atoms with van der Waals surface area (Å²) >= 11 is 3.45. The van der Waals surface area contributed by atoms with E-state index in [1.165, 1.54) is 12.1 Å². The molecule has 3 aromatic carbocycles. The van der Waals surface area contributed by atoms with Gasteiger partial charge >= 0.3 is 0 Å². The molecule has 0 bridgehead atoms. The van der Waals surface area contributed by atoms with Crippen LogP contribution in [0.5, 0.6) is 0 Å². The fourth-order valence-electron chi connectivity index (χ4n) is 3.39. The van der Waals surface area contributed by atoms with Crippen LogP contribution in [0.15, 0.2) is 82.2 Å². The maximum atomic E-state index is 13.1. The summed E-state index contributed by atoms with van der Waals surface area (Å²) in [4.78, 5) is 14.8. The van der Waals surface area contributed by atoms with Crippen molar-refractivity contribution in [3.63, 3.8) is 0 Å². The van der Waals surface area contributed by atoms with E-state index in [1.54, 1.807) is 17.0 Å². The Labute approximate surface area is 178 Å². The highest BCUT2D eigenvalue weighted by Crippen LogP contribution is 2.31. The van der Waals surface area contributed by atoms with Crippen molar-refractivity contribution in [1.82, 2.24) is 4.72 Å². The number of carbonyl (C=O) groups is 1. The molecule has 7 heteroatoms. The van der Waals surface area contributed by atoms with Crippen LogP contribution in [0.2, 0.25) is 0 Å². The molecule has 0 spiro atoms. The van der Waals surface area contributed by atoms with Gasteiger partial charge in [-0.2, -0.15) is 0 Å². The maximum Gasteiger partial charge on any atom is 0.258 e. The largest absolute Gasteiger partial charge is 0.308 e. The van der Waals surface area contributed by atoms with Crippen molar-refractivity contribution in [1.29, 1.82) is 0 Å². The van der Waals surface area contributed by atoms with E-state index in [4.69, 9.17) is 0 Å². The van der Waals surface area contributed by atoms with Gasteiger partial charge in [0.05, 0.1) is 4.90 Å². The Hall–Kier alpha value is -2.48. The average Bonchev–Trinajstić information content (AvgIpc) is 3.15. The molecule has 3 aromatic rings. The molecule has 0 radical (unpaired) electrons.